The number of nitrogens with two attached hydrogens (primary N) is 1. The molecule has 0 bridgehead atoms. The highest BCUT2D eigenvalue weighted by atomic mass is 16.1. The topological polar surface area (TPSA) is 71.2 Å². The highest BCUT2D eigenvalue weighted by Gasteiger charge is 1.99. The van der Waals surface area contributed by atoms with Gasteiger partial charge in [-0.05, 0) is 12.1 Å². The zero-order valence-corrected chi connectivity index (χ0v) is 9.47. The molecule has 0 aliphatic heterocycles. The lowest BCUT2D eigenvalue weighted by molar-refractivity contribution is -0.111. The molecular weight excluding hydrogens is 204 g/mol. The zero-order valence-electron chi connectivity index (χ0n) is 9.47. The average molecular weight is 220 g/mol. The molecule has 0 aliphatic carbocycles. The molecule has 1 rings (SSSR count). The van der Waals surface area contributed by atoms with E-state index in [9.17, 15) is 4.79 Å². The summed E-state index contributed by atoms with van der Waals surface area (Å²) in [6.45, 7) is 0.348. The number of amides is 1. The van der Waals surface area contributed by atoms with Gasteiger partial charge in [-0.1, -0.05) is 6.08 Å². The molecule has 0 unspecified atom stereocenters. The second-order valence-electron chi connectivity index (χ2n) is 3.42. The molecule has 86 valence electrons. The highest BCUT2D eigenvalue weighted by Crippen LogP contribution is 2.11. The van der Waals surface area contributed by atoms with Crippen LogP contribution in [0.3, 0.4) is 0 Å². The molecule has 0 atom stereocenters. The number of hydrogen-bond acceptors (Lipinski definition) is 4. The molecule has 16 heavy (non-hydrogen) atoms. The van der Waals surface area contributed by atoms with Crippen molar-refractivity contribution in [2.45, 2.75) is 0 Å². The van der Waals surface area contributed by atoms with Crippen molar-refractivity contribution in [2.75, 3.05) is 30.9 Å². The van der Waals surface area contributed by atoms with E-state index >= 15 is 0 Å². The second kappa shape index (κ2) is 5.87. The molecule has 0 saturated heterocycles. The molecule has 3 N–H and O–H groups in total. The monoisotopic (exact) mass is 220 g/mol. The van der Waals surface area contributed by atoms with Gasteiger partial charge in [-0.3, -0.25) is 4.79 Å². The largest absolute Gasteiger partial charge is 0.376 e. The third-order valence-corrected chi connectivity index (χ3v) is 1.92. The third kappa shape index (κ3) is 3.70. The summed E-state index contributed by atoms with van der Waals surface area (Å²) >= 11 is 0. The van der Waals surface area contributed by atoms with Gasteiger partial charge in [0.2, 0.25) is 5.91 Å². The van der Waals surface area contributed by atoms with Crippen molar-refractivity contribution in [2.24, 2.45) is 5.73 Å². The first-order valence-electron chi connectivity index (χ1n) is 4.94. The molecule has 1 aromatic rings. The first kappa shape index (κ1) is 12.2. The number of carbonyl (C=O) groups excluding carboxylic acids is 1. The first-order chi connectivity index (χ1) is 7.63. The highest BCUT2D eigenvalue weighted by molar-refractivity contribution is 5.98. The molecule has 0 fully saturated rings. The van der Waals surface area contributed by atoms with Gasteiger partial charge in [0.15, 0.2) is 0 Å². The fourth-order valence-corrected chi connectivity index (χ4v) is 1.07. The first-order valence-corrected chi connectivity index (χ1v) is 4.94. The zero-order chi connectivity index (χ0) is 12.0. The van der Waals surface area contributed by atoms with E-state index in [1.807, 2.05) is 25.1 Å². The maximum Gasteiger partial charge on any atom is 0.249 e. The van der Waals surface area contributed by atoms with Crippen LogP contribution in [0.15, 0.2) is 30.5 Å². The van der Waals surface area contributed by atoms with Crippen molar-refractivity contribution in [1.82, 2.24) is 4.98 Å². The Morgan fingerprint density at radius 3 is 2.81 bits per heavy atom. The molecule has 0 aliphatic rings. The van der Waals surface area contributed by atoms with E-state index < -0.39 is 0 Å². The van der Waals surface area contributed by atoms with Gasteiger partial charge in [-0.15, -0.1) is 0 Å². The summed E-state index contributed by atoms with van der Waals surface area (Å²) in [5.41, 5.74) is 6.22. The van der Waals surface area contributed by atoms with Gasteiger partial charge >= 0.3 is 0 Å². The summed E-state index contributed by atoms with van der Waals surface area (Å²) < 4.78 is 0. The molecule has 0 radical (unpaired) electrons. The minimum Gasteiger partial charge on any atom is -0.376 e. The quantitative estimate of drug-likeness (QED) is 0.729. The number of aromatic nitrogens is 1. The minimum atomic E-state index is -0.226. The predicted molar refractivity (Wildman–Crippen MR) is 65.4 cm³/mol. The van der Waals surface area contributed by atoms with Gasteiger partial charge in [-0.2, -0.15) is 0 Å². The van der Waals surface area contributed by atoms with Crippen LogP contribution in [-0.2, 0) is 4.79 Å². The Bertz CT molecular complexity index is 370. The summed E-state index contributed by atoms with van der Waals surface area (Å²) in [5.74, 6) is 0.299. The van der Waals surface area contributed by atoms with Crippen molar-refractivity contribution in [3.8, 4) is 0 Å². The van der Waals surface area contributed by atoms with Crippen LogP contribution in [0.1, 0.15) is 0 Å². The van der Waals surface area contributed by atoms with E-state index in [2.05, 4.69) is 10.3 Å². The fraction of sp³-hybridized carbons (Fsp3) is 0.273. The van der Waals surface area contributed by atoms with Crippen LogP contribution >= 0.6 is 0 Å². The lowest BCUT2D eigenvalue weighted by Gasteiger charge is -2.11. The predicted octanol–water partition coefficient (Wildman–Crippen LogP) is 0.601. The van der Waals surface area contributed by atoms with E-state index in [0.29, 0.717) is 12.4 Å². The molecule has 5 heteroatoms. The Labute approximate surface area is 95.0 Å². The number of nitrogens with one attached hydrogen (secondary N) is 1. The van der Waals surface area contributed by atoms with Crippen LogP contribution in [0.5, 0.6) is 0 Å². The maximum absolute atomic E-state index is 11.3. The smallest absolute Gasteiger partial charge is 0.249 e. The Kier molecular flexibility index (Phi) is 4.47. The second-order valence-corrected chi connectivity index (χ2v) is 3.42. The SMILES string of the molecule is CN(C)c1ccc(NC(=O)C=CCN)nc1. The van der Waals surface area contributed by atoms with Gasteiger partial charge in [0.05, 0.1) is 11.9 Å². The number of carbonyl (C=O) groups is 1. The summed E-state index contributed by atoms with van der Waals surface area (Å²) in [6, 6.07) is 3.64. The summed E-state index contributed by atoms with van der Waals surface area (Å²) in [7, 11) is 3.86. The van der Waals surface area contributed by atoms with E-state index in [4.69, 9.17) is 5.73 Å². The molecule has 0 aromatic carbocycles. The standard InChI is InChI=1S/C11H16N4O/c1-15(2)9-5-6-10(13-8-9)14-11(16)4-3-7-12/h3-6,8H,7,12H2,1-2H3,(H,13,14,16). The number of rotatable bonds is 4. The maximum atomic E-state index is 11.3. The summed E-state index contributed by atoms with van der Waals surface area (Å²) in [5, 5.41) is 2.63. The van der Waals surface area contributed by atoms with Crippen LogP contribution in [-0.4, -0.2) is 31.5 Å². The number of pyridine rings is 1. The van der Waals surface area contributed by atoms with E-state index in [-0.39, 0.29) is 5.91 Å². The lowest BCUT2D eigenvalue weighted by atomic mass is 10.4. The van der Waals surface area contributed by atoms with Gasteiger partial charge < -0.3 is 16.0 Å². The van der Waals surface area contributed by atoms with Crippen molar-refractivity contribution in [3.05, 3.63) is 30.5 Å². The van der Waals surface area contributed by atoms with Crippen LogP contribution < -0.4 is 16.0 Å². The third-order valence-electron chi connectivity index (χ3n) is 1.92. The Morgan fingerprint density at radius 1 is 1.56 bits per heavy atom. The van der Waals surface area contributed by atoms with E-state index in [1.165, 1.54) is 6.08 Å². The number of nitrogens with zero attached hydrogens (tertiary/aromatic N) is 2. The summed E-state index contributed by atoms with van der Waals surface area (Å²) in [6.07, 6.45) is 4.67. The molecular formula is C11H16N4O. The van der Waals surface area contributed by atoms with Crippen LogP contribution in [0.4, 0.5) is 11.5 Å². The van der Waals surface area contributed by atoms with E-state index in [1.54, 1.807) is 18.3 Å². The Morgan fingerprint density at radius 2 is 2.31 bits per heavy atom. The Hall–Kier alpha value is -1.88. The normalized spacial score (nSPS) is 10.4. The molecule has 1 heterocycles. The van der Waals surface area contributed by atoms with Gasteiger partial charge in [0, 0.05) is 26.7 Å². The fourth-order valence-electron chi connectivity index (χ4n) is 1.07. The van der Waals surface area contributed by atoms with Crippen molar-refractivity contribution < 1.29 is 4.79 Å². The van der Waals surface area contributed by atoms with E-state index in [0.717, 1.165) is 5.69 Å². The van der Waals surface area contributed by atoms with Crippen LogP contribution in [0.25, 0.3) is 0 Å². The lowest BCUT2D eigenvalue weighted by Crippen LogP contribution is -2.12. The molecule has 0 saturated carbocycles. The van der Waals surface area contributed by atoms with Gasteiger partial charge in [0.25, 0.3) is 0 Å². The van der Waals surface area contributed by atoms with Gasteiger partial charge in [0.1, 0.15) is 5.82 Å². The van der Waals surface area contributed by atoms with Crippen molar-refractivity contribution in [1.29, 1.82) is 0 Å². The van der Waals surface area contributed by atoms with Crippen molar-refractivity contribution >= 4 is 17.4 Å². The summed E-state index contributed by atoms with van der Waals surface area (Å²) in [4.78, 5) is 17.3. The number of anilines is 2. The molecule has 0 spiro atoms. The average Bonchev–Trinajstić information content (AvgIpc) is 2.27. The molecule has 5 nitrogen and oxygen atoms in total. The van der Waals surface area contributed by atoms with Crippen LogP contribution in [0, 0.1) is 0 Å². The van der Waals surface area contributed by atoms with Crippen molar-refractivity contribution in [3.63, 3.8) is 0 Å². The van der Waals surface area contributed by atoms with Crippen LogP contribution in [0.2, 0.25) is 0 Å². The Balaban J connectivity index is 2.62. The minimum absolute atomic E-state index is 0.226. The van der Waals surface area contributed by atoms with Gasteiger partial charge in [-0.25, -0.2) is 4.98 Å². The molecule has 1 aromatic heterocycles. The molecule has 1 amide bonds. The number of hydrogen-bond donors (Lipinski definition) is 2.